The predicted molar refractivity (Wildman–Crippen MR) is 141 cm³/mol. The van der Waals surface area contributed by atoms with Crippen LogP contribution in [0.1, 0.15) is 81.8 Å². The van der Waals surface area contributed by atoms with Gasteiger partial charge in [-0.25, -0.2) is 0 Å². The van der Waals surface area contributed by atoms with Crippen molar-refractivity contribution in [3.05, 3.63) is 65.7 Å². The van der Waals surface area contributed by atoms with Gasteiger partial charge in [0.05, 0.1) is 6.61 Å². The van der Waals surface area contributed by atoms with Crippen LogP contribution in [0.5, 0.6) is 5.75 Å². The van der Waals surface area contributed by atoms with Gasteiger partial charge in [-0.2, -0.15) is 0 Å². The molecule has 0 radical (unpaired) electrons. The fourth-order valence-corrected chi connectivity index (χ4v) is 3.93. The average molecular weight is 475 g/mol. The summed E-state index contributed by atoms with van der Waals surface area (Å²) in [6.07, 6.45) is 9.75. The van der Waals surface area contributed by atoms with E-state index in [-0.39, 0.29) is 18.3 Å². The maximum Gasteiger partial charge on any atom is 0.222 e. The Kier molecular flexibility index (Phi) is 15.3. The van der Waals surface area contributed by atoms with E-state index in [0.717, 1.165) is 37.0 Å². The molecular formula is C28H43ClN2O2. The van der Waals surface area contributed by atoms with Gasteiger partial charge in [-0.3, -0.25) is 4.79 Å². The number of carbonyl (C=O) groups is 1. The summed E-state index contributed by atoms with van der Waals surface area (Å²) in [6, 6.07) is 18.9. The molecule has 0 aliphatic heterocycles. The lowest BCUT2D eigenvalue weighted by Gasteiger charge is -2.19. The first-order valence-corrected chi connectivity index (χ1v) is 12.3. The van der Waals surface area contributed by atoms with E-state index >= 15 is 0 Å². The zero-order valence-corrected chi connectivity index (χ0v) is 21.3. The highest BCUT2D eigenvalue weighted by Crippen LogP contribution is 2.24. The molecule has 33 heavy (non-hydrogen) atoms. The Labute approximate surface area is 207 Å². The minimum Gasteiger partial charge on any atom is -0.493 e. The maximum atomic E-state index is 12.3. The fourth-order valence-electron chi connectivity index (χ4n) is 3.93. The van der Waals surface area contributed by atoms with Crippen molar-refractivity contribution in [3.8, 4) is 5.75 Å². The highest BCUT2D eigenvalue weighted by atomic mass is 35.5. The molecule has 2 N–H and O–H groups in total. The highest BCUT2D eigenvalue weighted by molar-refractivity contribution is 5.85. The van der Waals surface area contributed by atoms with Crippen LogP contribution in [-0.4, -0.2) is 31.0 Å². The highest BCUT2D eigenvalue weighted by Gasteiger charge is 2.13. The lowest BCUT2D eigenvalue weighted by Crippen LogP contribution is -2.25. The van der Waals surface area contributed by atoms with Gasteiger partial charge in [0.2, 0.25) is 5.91 Å². The number of amides is 1. The maximum absolute atomic E-state index is 12.3. The molecule has 0 aromatic heterocycles. The Balaban J connectivity index is 0.00000544. The number of carbonyl (C=O) groups excluding carboxylic acids is 1. The summed E-state index contributed by atoms with van der Waals surface area (Å²) in [5.74, 6) is 1.49. The smallest absolute Gasteiger partial charge is 0.222 e. The molecule has 0 aliphatic carbocycles. The van der Waals surface area contributed by atoms with Crippen LogP contribution in [0.2, 0.25) is 0 Å². The zero-order chi connectivity index (χ0) is 23.0. The van der Waals surface area contributed by atoms with Crippen LogP contribution in [0.4, 0.5) is 0 Å². The number of nitrogens with two attached hydrogens (primary N) is 1. The standard InChI is InChI=1S/C28H42N2O2.ClH/c1-3-4-5-8-15-26(25-13-9-6-10-14-25)23-32-27-19-17-24(18-20-27)22-30(2)28(31)16-11-7-12-21-29;/h6,9-10,13-14,17-20,26H,3-5,7-8,11-12,15-16,21-23,29H2,1-2H3;1H. The number of nitrogens with zero attached hydrogens (tertiary/aromatic N) is 1. The predicted octanol–water partition coefficient (Wildman–Crippen LogP) is 6.72. The molecule has 2 rings (SSSR count). The van der Waals surface area contributed by atoms with E-state index in [0.29, 0.717) is 32.0 Å². The Hall–Kier alpha value is -2.04. The number of unbranched alkanes of at least 4 members (excludes halogenated alkanes) is 5. The molecular weight excluding hydrogens is 432 g/mol. The van der Waals surface area contributed by atoms with Gasteiger partial charge in [0.15, 0.2) is 0 Å². The molecule has 1 amide bonds. The summed E-state index contributed by atoms with van der Waals surface area (Å²) in [5, 5.41) is 0. The number of hydrogen-bond donors (Lipinski definition) is 1. The summed E-state index contributed by atoms with van der Waals surface area (Å²) in [7, 11) is 1.87. The lowest BCUT2D eigenvalue weighted by molar-refractivity contribution is -0.130. The number of hydrogen-bond acceptors (Lipinski definition) is 3. The van der Waals surface area contributed by atoms with E-state index in [1.807, 2.05) is 19.2 Å². The van der Waals surface area contributed by atoms with Gasteiger partial charge in [-0.15, -0.1) is 12.4 Å². The van der Waals surface area contributed by atoms with Crippen molar-refractivity contribution in [2.45, 2.75) is 77.2 Å². The summed E-state index contributed by atoms with van der Waals surface area (Å²) >= 11 is 0. The quantitative estimate of drug-likeness (QED) is 0.275. The van der Waals surface area contributed by atoms with E-state index in [1.165, 1.54) is 31.2 Å². The Bertz CT molecular complexity index is 752. The van der Waals surface area contributed by atoms with E-state index in [4.69, 9.17) is 10.5 Å². The van der Waals surface area contributed by atoms with Crippen LogP contribution in [-0.2, 0) is 11.3 Å². The monoisotopic (exact) mass is 474 g/mol. The summed E-state index contributed by atoms with van der Waals surface area (Å²) < 4.78 is 6.17. The molecule has 2 aromatic carbocycles. The molecule has 1 unspecified atom stereocenters. The number of rotatable bonds is 16. The summed E-state index contributed by atoms with van der Waals surface area (Å²) in [5.41, 5.74) is 7.99. The molecule has 0 aliphatic rings. The number of ether oxygens (including phenoxy) is 1. The Morgan fingerprint density at radius 3 is 2.30 bits per heavy atom. The molecule has 2 aromatic rings. The van der Waals surface area contributed by atoms with Crippen molar-refractivity contribution in [3.63, 3.8) is 0 Å². The van der Waals surface area contributed by atoms with Crippen LogP contribution >= 0.6 is 12.4 Å². The van der Waals surface area contributed by atoms with E-state index in [2.05, 4.69) is 49.4 Å². The summed E-state index contributed by atoms with van der Waals surface area (Å²) in [4.78, 5) is 14.1. The van der Waals surface area contributed by atoms with Gasteiger partial charge < -0.3 is 15.4 Å². The van der Waals surface area contributed by atoms with Gasteiger partial charge in [0, 0.05) is 25.9 Å². The third-order valence-electron chi connectivity index (χ3n) is 5.99. The largest absolute Gasteiger partial charge is 0.493 e. The Morgan fingerprint density at radius 1 is 0.939 bits per heavy atom. The first-order valence-electron chi connectivity index (χ1n) is 12.3. The van der Waals surface area contributed by atoms with Crippen LogP contribution in [0.3, 0.4) is 0 Å². The zero-order valence-electron chi connectivity index (χ0n) is 20.5. The lowest BCUT2D eigenvalue weighted by atomic mass is 9.94. The van der Waals surface area contributed by atoms with E-state index in [1.54, 1.807) is 4.90 Å². The van der Waals surface area contributed by atoms with Gasteiger partial charge in [-0.05, 0) is 49.1 Å². The number of halogens is 1. The third kappa shape index (κ3) is 11.6. The molecule has 0 heterocycles. The van der Waals surface area contributed by atoms with Crippen molar-refractivity contribution in [1.82, 2.24) is 4.90 Å². The minimum atomic E-state index is 0. The fraction of sp³-hybridized carbons (Fsp3) is 0.536. The first kappa shape index (κ1) is 29.0. The van der Waals surface area contributed by atoms with Crippen molar-refractivity contribution >= 4 is 18.3 Å². The molecule has 0 fully saturated rings. The van der Waals surface area contributed by atoms with Gasteiger partial charge in [-0.1, -0.05) is 81.5 Å². The Morgan fingerprint density at radius 2 is 1.64 bits per heavy atom. The third-order valence-corrected chi connectivity index (χ3v) is 5.99. The normalized spacial score (nSPS) is 11.5. The van der Waals surface area contributed by atoms with E-state index in [9.17, 15) is 4.79 Å². The second-order valence-corrected chi connectivity index (χ2v) is 8.76. The second-order valence-electron chi connectivity index (χ2n) is 8.76. The molecule has 0 bridgehead atoms. The molecule has 0 saturated heterocycles. The van der Waals surface area contributed by atoms with E-state index < -0.39 is 0 Å². The molecule has 0 saturated carbocycles. The SMILES string of the molecule is CCCCCCC(COc1ccc(CN(C)C(=O)CCCCCN)cc1)c1ccccc1.Cl. The molecule has 4 nitrogen and oxygen atoms in total. The molecule has 0 spiro atoms. The summed E-state index contributed by atoms with van der Waals surface area (Å²) in [6.45, 7) is 4.26. The first-order chi connectivity index (χ1) is 15.6. The molecule has 1 atom stereocenters. The van der Waals surface area contributed by atoms with Crippen molar-refractivity contribution < 1.29 is 9.53 Å². The van der Waals surface area contributed by atoms with Gasteiger partial charge in [0.25, 0.3) is 0 Å². The topological polar surface area (TPSA) is 55.6 Å². The van der Waals surface area contributed by atoms with Crippen LogP contribution in [0, 0.1) is 0 Å². The van der Waals surface area contributed by atoms with Crippen molar-refractivity contribution in [2.75, 3.05) is 20.2 Å². The minimum absolute atomic E-state index is 0. The van der Waals surface area contributed by atoms with Crippen LogP contribution in [0.25, 0.3) is 0 Å². The molecule has 5 heteroatoms. The van der Waals surface area contributed by atoms with Gasteiger partial charge >= 0.3 is 0 Å². The van der Waals surface area contributed by atoms with Crippen LogP contribution < -0.4 is 10.5 Å². The molecule has 184 valence electrons. The van der Waals surface area contributed by atoms with Crippen molar-refractivity contribution in [2.24, 2.45) is 5.73 Å². The van der Waals surface area contributed by atoms with Gasteiger partial charge in [0.1, 0.15) is 5.75 Å². The average Bonchev–Trinajstić information content (AvgIpc) is 2.82. The second kappa shape index (κ2) is 17.4. The number of benzene rings is 2. The van der Waals surface area contributed by atoms with Crippen LogP contribution in [0.15, 0.2) is 54.6 Å². The van der Waals surface area contributed by atoms with Crippen molar-refractivity contribution in [1.29, 1.82) is 0 Å².